The van der Waals surface area contributed by atoms with E-state index in [-0.39, 0.29) is 0 Å². The molecule has 0 saturated carbocycles. The Hall–Kier alpha value is 0.310. The van der Waals surface area contributed by atoms with E-state index in [1.165, 1.54) is 71.0 Å². The van der Waals surface area contributed by atoms with Crippen LogP contribution in [0.1, 0.15) is 58.3 Å². The summed E-state index contributed by atoms with van der Waals surface area (Å²) in [7, 11) is 0. The molecule has 96 valence electrons. The van der Waals surface area contributed by atoms with Crippen LogP contribution in [-0.4, -0.2) is 30.3 Å². The van der Waals surface area contributed by atoms with Gasteiger partial charge in [0.15, 0.2) is 0 Å². The van der Waals surface area contributed by atoms with Gasteiger partial charge in [0.05, 0.1) is 0 Å². The zero-order valence-corrected chi connectivity index (χ0v) is 11.9. The Morgan fingerprint density at radius 3 is 2.38 bits per heavy atom. The fourth-order valence-electron chi connectivity index (χ4n) is 2.71. The molecule has 0 atom stereocenters. The molecule has 0 amide bonds. The van der Waals surface area contributed by atoms with Gasteiger partial charge in [-0.05, 0) is 57.0 Å². The molecule has 1 saturated heterocycles. The van der Waals surface area contributed by atoms with Crippen LogP contribution in [0.3, 0.4) is 0 Å². The van der Waals surface area contributed by atoms with Crippen molar-refractivity contribution >= 4 is 12.6 Å². The third-order valence-electron chi connectivity index (χ3n) is 3.79. The summed E-state index contributed by atoms with van der Waals surface area (Å²) in [5.74, 6) is 2.09. The van der Waals surface area contributed by atoms with E-state index in [9.17, 15) is 0 Å². The van der Waals surface area contributed by atoms with Crippen LogP contribution in [0.15, 0.2) is 0 Å². The van der Waals surface area contributed by atoms with E-state index in [1.807, 2.05) is 0 Å². The Bertz CT molecular complexity index is 153. The maximum absolute atomic E-state index is 4.24. The van der Waals surface area contributed by atoms with Crippen LogP contribution in [0, 0.1) is 5.92 Å². The predicted molar refractivity (Wildman–Crippen MR) is 76.4 cm³/mol. The lowest BCUT2D eigenvalue weighted by molar-refractivity contribution is 0.176. The number of hydrogen-bond acceptors (Lipinski definition) is 2. The van der Waals surface area contributed by atoms with Crippen molar-refractivity contribution < 1.29 is 0 Å². The molecule has 16 heavy (non-hydrogen) atoms. The molecule has 0 aliphatic carbocycles. The topological polar surface area (TPSA) is 3.24 Å². The number of unbranched alkanes of at least 4 members (excludes halogenated alkanes) is 3. The lowest BCUT2D eigenvalue weighted by atomic mass is 9.92. The van der Waals surface area contributed by atoms with Crippen molar-refractivity contribution in [3.63, 3.8) is 0 Å². The molecule has 2 heteroatoms. The van der Waals surface area contributed by atoms with E-state index in [4.69, 9.17) is 0 Å². The molecule has 1 aliphatic rings. The van der Waals surface area contributed by atoms with Crippen molar-refractivity contribution in [2.45, 2.75) is 58.3 Å². The lowest BCUT2D eigenvalue weighted by Crippen LogP contribution is -2.34. The van der Waals surface area contributed by atoms with Gasteiger partial charge in [0.1, 0.15) is 0 Å². The summed E-state index contributed by atoms with van der Waals surface area (Å²) in [6.45, 7) is 6.37. The Labute approximate surface area is 107 Å². The molecule has 0 aromatic rings. The third kappa shape index (κ3) is 6.15. The first-order chi connectivity index (χ1) is 7.86. The molecular formula is C14H29NS. The second kappa shape index (κ2) is 9.35. The van der Waals surface area contributed by atoms with E-state index in [1.54, 1.807) is 0 Å². The number of rotatable bonds is 8. The van der Waals surface area contributed by atoms with Gasteiger partial charge < -0.3 is 4.90 Å². The summed E-state index contributed by atoms with van der Waals surface area (Å²) in [4.78, 5) is 2.67. The zero-order valence-electron chi connectivity index (χ0n) is 11.0. The molecule has 0 N–H and O–H groups in total. The molecule has 1 fully saturated rings. The van der Waals surface area contributed by atoms with Crippen molar-refractivity contribution in [2.75, 3.05) is 25.4 Å². The minimum Gasteiger partial charge on any atom is -0.303 e. The van der Waals surface area contributed by atoms with Gasteiger partial charge in [-0.3, -0.25) is 0 Å². The van der Waals surface area contributed by atoms with Crippen LogP contribution in [0.25, 0.3) is 0 Å². The molecule has 1 aliphatic heterocycles. The van der Waals surface area contributed by atoms with Crippen LogP contribution < -0.4 is 0 Å². The molecule has 0 bridgehead atoms. The minimum absolute atomic E-state index is 1.03. The van der Waals surface area contributed by atoms with E-state index in [2.05, 4.69) is 24.5 Å². The summed E-state index contributed by atoms with van der Waals surface area (Å²) in [6, 6.07) is 0. The molecular weight excluding hydrogens is 214 g/mol. The first-order valence-corrected chi connectivity index (χ1v) is 7.83. The van der Waals surface area contributed by atoms with Crippen molar-refractivity contribution in [1.29, 1.82) is 0 Å². The van der Waals surface area contributed by atoms with Crippen LogP contribution in [0.4, 0.5) is 0 Å². The highest BCUT2D eigenvalue weighted by molar-refractivity contribution is 7.80. The van der Waals surface area contributed by atoms with Crippen LogP contribution in [0.2, 0.25) is 0 Å². The number of likely N-dealkylation sites (tertiary alicyclic amines) is 1. The molecule has 0 radical (unpaired) electrons. The first-order valence-electron chi connectivity index (χ1n) is 7.20. The van der Waals surface area contributed by atoms with E-state index in [0.29, 0.717) is 0 Å². The van der Waals surface area contributed by atoms with Crippen LogP contribution in [-0.2, 0) is 0 Å². The Morgan fingerprint density at radius 2 is 1.75 bits per heavy atom. The van der Waals surface area contributed by atoms with Gasteiger partial charge in [-0.1, -0.05) is 32.6 Å². The van der Waals surface area contributed by atoms with Gasteiger partial charge in [-0.2, -0.15) is 12.6 Å². The standard InChI is InChI=1S/C14H29NS/c1-2-7-14-8-11-15(12-9-14)10-5-3-4-6-13-16/h14,16H,2-13H2,1H3. The number of thiol groups is 1. The summed E-state index contributed by atoms with van der Waals surface area (Å²) in [5, 5.41) is 0. The average Bonchev–Trinajstić information content (AvgIpc) is 2.31. The van der Waals surface area contributed by atoms with E-state index >= 15 is 0 Å². The molecule has 0 aromatic heterocycles. The normalized spacial score (nSPS) is 19.1. The molecule has 0 spiro atoms. The van der Waals surface area contributed by atoms with E-state index < -0.39 is 0 Å². The zero-order chi connectivity index (χ0) is 11.6. The highest BCUT2D eigenvalue weighted by Gasteiger charge is 2.17. The van der Waals surface area contributed by atoms with Gasteiger partial charge in [0.2, 0.25) is 0 Å². The number of piperidine rings is 1. The summed E-state index contributed by atoms with van der Waals surface area (Å²) in [5.41, 5.74) is 0. The van der Waals surface area contributed by atoms with Gasteiger partial charge in [-0.25, -0.2) is 0 Å². The number of nitrogens with zero attached hydrogens (tertiary/aromatic N) is 1. The summed E-state index contributed by atoms with van der Waals surface area (Å²) in [6.07, 6.45) is 11.2. The first kappa shape index (κ1) is 14.4. The van der Waals surface area contributed by atoms with Crippen molar-refractivity contribution in [2.24, 2.45) is 5.92 Å². The van der Waals surface area contributed by atoms with Gasteiger partial charge >= 0.3 is 0 Å². The maximum atomic E-state index is 4.24. The predicted octanol–water partition coefficient (Wildman–Crippen LogP) is 3.99. The Balaban J connectivity index is 1.95. The summed E-state index contributed by atoms with van der Waals surface area (Å²) >= 11 is 4.24. The molecule has 1 heterocycles. The third-order valence-corrected chi connectivity index (χ3v) is 4.10. The fourth-order valence-corrected chi connectivity index (χ4v) is 2.93. The Kier molecular flexibility index (Phi) is 8.40. The van der Waals surface area contributed by atoms with Crippen molar-refractivity contribution in [1.82, 2.24) is 4.90 Å². The second-order valence-electron chi connectivity index (χ2n) is 5.21. The minimum atomic E-state index is 1.03. The lowest BCUT2D eigenvalue weighted by Gasteiger charge is -2.31. The van der Waals surface area contributed by atoms with Crippen molar-refractivity contribution in [3.05, 3.63) is 0 Å². The monoisotopic (exact) mass is 243 g/mol. The largest absolute Gasteiger partial charge is 0.303 e. The van der Waals surface area contributed by atoms with Crippen LogP contribution >= 0.6 is 12.6 Å². The molecule has 1 nitrogen and oxygen atoms in total. The second-order valence-corrected chi connectivity index (χ2v) is 5.66. The van der Waals surface area contributed by atoms with Gasteiger partial charge in [-0.15, -0.1) is 0 Å². The van der Waals surface area contributed by atoms with E-state index in [0.717, 1.165) is 11.7 Å². The SMILES string of the molecule is CCCC1CCN(CCCCCCS)CC1. The fraction of sp³-hybridized carbons (Fsp3) is 1.00. The Morgan fingerprint density at radius 1 is 1.06 bits per heavy atom. The number of hydrogen-bond donors (Lipinski definition) is 1. The van der Waals surface area contributed by atoms with Gasteiger partial charge in [0, 0.05) is 0 Å². The van der Waals surface area contributed by atoms with Gasteiger partial charge in [0.25, 0.3) is 0 Å². The molecule has 0 aromatic carbocycles. The van der Waals surface area contributed by atoms with Crippen molar-refractivity contribution in [3.8, 4) is 0 Å². The van der Waals surface area contributed by atoms with Crippen LogP contribution in [0.5, 0.6) is 0 Å². The highest BCUT2D eigenvalue weighted by atomic mass is 32.1. The molecule has 1 rings (SSSR count). The average molecular weight is 243 g/mol. The smallest absolute Gasteiger partial charge is 0.00161 e. The highest BCUT2D eigenvalue weighted by Crippen LogP contribution is 2.21. The summed E-state index contributed by atoms with van der Waals surface area (Å²) < 4.78 is 0. The molecule has 0 unspecified atom stereocenters. The maximum Gasteiger partial charge on any atom is -0.00161 e. The quantitative estimate of drug-likeness (QED) is 0.498.